The van der Waals surface area contributed by atoms with E-state index in [0.29, 0.717) is 11.5 Å². The summed E-state index contributed by atoms with van der Waals surface area (Å²) in [6, 6.07) is 16.9. The van der Waals surface area contributed by atoms with Crippen LogP contribution in [0.15, 0.2) is 54.6 Å². The third-order valence-electron chi connectivity index (χ3n) is 3.22. The van der Waals surface area contributed by atoms with Gasteiger partial charge in [-0.1, -0.05) is 30.3 Å². The Morgan fingerprint density at radius 3 is 2.52 bits per heavy atom. The number of rotatable bonds is 3. The minimum absolute atomic E-state index is 0.200. The van der Waals surface area contributed by atoms with E-state index in [1.165, 1.54) is 0 Å². The Morgan fingerprint density at radius 1 is 1.10 bits per heavy atom. The van der Waals surface area contributed by atoms with Crippen molar-refractivity contribution < 1.29 is 14.3 Å². The second kappa shape index (κ2) is 5.75. The van der Waals surface area contributed by atoms with Gasteiger partial charge in [0.1, 0.15) is 6.61 Å². The number of carbonyl (C=O) groups excluding carboxylic acids is 1. The predicted molar refractivity (Wildman–Crippen MR) is 79.3 cm³/mol. The summed E-state index contributed by atoms with van der Waals surface area (Å²) >= 11 is 0. The molecule has 0 saturated heterocycles. The fourth-order valence-corrected chi connectivity index (χ4v) is 2.10. The summed E-state index contributed by atoms with van der Waals surface area (Å²) in [5.74, 6) is 1.01. The maximum Gasteiger partial charge on any atom is 0.283 e. The number of hydrogen-bond donors (Lipinski definition) is 1. The lowest BCUT2D eigenvalue weighted by atomic mass is 10.2. The number of fused-ring (bicyclic) bond motifs is 1. The van der Waals surface area contributed by atoms with Gasteiger partial charge in [0.2, 0.25) is 6.10 Å². The van der Waals surface area contributed by atoms with Gasteiger partial charge in [-0.15, -0.1) is 0 Å². The van der Waals surface area contributed by atoms with Gasteiger partial charge in [0.15, 0.2) is 11.5 Å². The molecule has 5 nitrogen and oxygen atoms in total. The molecule has 1 unspecified atom stereocenters. The molecule has 108 valence electrons. The maximum atomic E-state index is 12.2. The monoisotopic (exact) mass is 284 g/mol. The first-order valence-corrected chi connectivity index (χ1v) is 6.72. The van der Waals surface area contributed by atoms with Crippen molar-refractivity contribution in [3.63, 3.8) is 0 Å². The van der Waals surface area contributed by atoms with Crippen molar-refractivity contribution in [2.75, 3.05) is 18.7 Å². The van der Waals surface area contributed by atoms with Crippen LogP contribution in [0.25, 0.3) is 0 Å². The molecule has 0 spiro atoms. The molecule has 21 heavy (non-hydrogen) atoms. The molecule has 0 fully saturated rings. The van der Waals surface area contributed by atoms with Crippen LogP contribution in [0.3, 0.4) is 0 Å². The number of carbonyl (C=O) groups is 1. The summed E-state index contributed by atoms with van der Waals surface area (Å²) in [5, 5.41) is 1.66. The molecular weight excluding hydrogens is 268 g/mol. The highest BCUT2D eigenvalue weighted by molar-refractivity contribution is 5.83. The van der Waals surface area contributed by atoms with E-state index in [9.17, 15) is 4.79 Å². The SMILES string of the molecule is CN(NC(=O)C1COc2ccccc2O1)c1ccccc1. The smallest absolute Gasteiger partial charge is 0.283 e. The highest BCUT2D eigenvalue weighted by Crippen LogP contribution is 2.30. The van der Waals surface area contributed by atoms with Crippen LogP contribution in [-0.2, 0) is 4.79 Å². The Kier molecular flexibility index (Phi) is 3.64. The lowest BCUT2D eigenvalue weighted by molar-refractivity contribution is -0.130. The molecule has 0 aliphatic carbocycles. The van der Waals surface area contributed by atoms with Gasteiger partial charge in [-0.2, -0.15) is 0 Å². The van der Waals surface area contributed by atoms with Gasteiger partial charge in [-0.25, -0.2) is 0 Å². The highest BCUT2D eigenvalue weighted by atomic mass is 16.6. The summed E-state index contributed by atoms with van der Waals surface area (Å²) in [7, 11) is 1.78. The quantitative estimate of drug-likeness (QED) is 0.876. The van der Waals surface area contributed by atoms with Crippen molar-refractivity contribution in [1.29, 1.82) is 0 Å². The van der Waals surface area contributed by atoms with E-state index in [1.807, 2.05) is 48.5 Å². The van der Waals surface area contributed by atoms with Crippen LogP contribution in [-0.4, -0.2) is 25.7 Å². The minimum atomic E-state index is -0.661. The second-order valence-electron chi connectivity index (χ2n) is 4.73. The molecular formula is C16H16N2O3. The van der Waals surface area contributed by atoms with Gasteiger partial charge in [0.05, 0.1) is 5.69 Å². The maximum absolute atomic E-state index is 12.2. The fraction of sp³-hybridized carbons (Fsp3) is 0.188. The normalized spacial score (nSPS) is 16.1. The Bertz CT molecular complexity index is 630. The van der Waals surface area contributed by atoms with E-state index >= 15 is 0 Å². The molecule has 1 amide bonds. The zero-order chi connectivity index (χ0) is 14.7. The molecule has 1 atom stereocenters. The van der Waals surface area contributed by atoms with Gasteiger partial charge in [0, 0.05) is 7.05 Å². The number of anilines is 1. The van der Waals surface area contributed by atoms with Crippen LogP contribution >= 0.6 is 0 Å². The summed E-state index contributed by atoms with van der Waals surface area (Å²) in [4.78, 5) is 12.2. The number of hydrazine groups is 1. The summed E-state index contributed by atoms with van der Waals surface area (Å²) < 4.78 is 11.2. The van der Waals surface area contributed by atoms with E-state index in [4.69, 9.17) is 9.47 Å². The van der Waals surface area contributed by atoms with E-state index in [1.54, 1.807) is 18.1 Å². The summed E-state index contributed by atoms with van der Waals surface area (Å²) in [6.07, 6.45) is -0.661. The molecule has 0 radical (unpaired) electrons. The molecule has 1 heterocycles. The third kappa shape index (κ3) is 2.91. The first kappa shape index (κ1) is 13.3. The Balaban J connectivity index is 1.65. The number of nitrogens with one attached hydrogen (secondary N) is 1. The first-order chi connectivity index (χ1) is 10.2. The third-order valence-corrected chi connectivity index (χ3v) is 3.22. The van der Waals surface area contributed by atoms with Gasteiger partial charge in [-0.3, -0.25) is 15.2 Å². The van der Waals surface area contributed by atoms with E-state index in [0.717, 1.165) is 5.69 Å². The van der Waals surface area contributed by atoms with Crippen molar-refractivity contribution in [3.8, 4) is 11.5 Å². The predicted octanol–water partition coefficient (Wildman–Crippen LogP) is 1.99. The molecule has 3 rings (SSSR count). The molecule has 5 heteroatoms. The Hall–Kier alpha value is -2.69. The average molecular weight is 284 g/mol. The first-order valence-electron chi connectivity index (χ1n) is 6.72. The van der Waals surface area contributed by atoms with Crippen LogP contribution in [0.4, 0.5) is 5.69 Å². The van der Waals surface area contributed by atoms with Gasteiger partial charge < -0.3 is 9.47 Å². The van der Waals surface area contributed by atoms with Crippen molar-refractivity contribution in [3.05, 3.63) is 54.6 Å². The Morgan fingerprint density at radius 2 is 1.76 bits per heavy atom. The van der Waals surface area contributed by atoms with Crippen molar-refractivity contribution in [2.45, 2.75) is 6.10 Å². The van der Waals surface area contributed by atoms with Crippen LogP contribution in [0.5, 0.6) is 11.5 Å². The number of nitrogens with zero attached hydrogens (tertiary/aromatic N) is 1. The number of benzene rings is 2. The molecule has 0 aromatic heterocycles. The van der Waals surface area contributed by atoms with E-state index in [-0.39, 0.29) is 12.5 Å². The van der Waals surface area contributed by atoms with Crippen LogP contribution in [0.2, 0.25) is 0 Å². The molecule has 2 aromatic carbocycles. The minimum Gasteiger partial charge on any atom is -0.485 e. The second-order valence-corrected chi connectivity index (χ2v) is 4.73. The Labute approximate surface area is 123 Å². The lowest BCUT2D eigenvalue weighted by Crippen LogP contribution is -2.49. The topological polar surface area (TPSA) is 50.8 Å². The van der Waals surface area contributed by atoms with Crippen LogP contribution in [0, 0.1) is 0 Å². The molecule has 1 aliphatic heterocycles. The van der Waals surface area contributed by atoms with Crippen molar-refractivity contribution in [1.82, 2.24) is 5.43 Å². The van der Waals surface area contributed by atoms with E-state index in [2.05, 4.69) is 5.43 Å². The van der Waals surface area contributed by atoms with Gasteiger partial charge in [0.25, 0.3) is 5.91 Å². The number of para-hydroxylation sites is 3. The number of ether oxygens (including phenoxy) is 2. The van der Waals surface area contributed by atoms with Crippen molar-refractivity contribution >= 4 is 11.6 Å². The standard InChI is InChI=1S/C16H16N2O3/c1-18(12-7-3-2-4-8-12)17-16(19)15-11-20-13-9-5-6-10-14(13)21-15/h2-10,15H,11H2,1H3,(H,17,19). The molecule has 2 aromatic rings. The number of hydrogen-bond acceptors (Lipinski definition) is 4. The molecule has 0 saturated carbocycles. The highest BCUT2D eigenvalue weighted by Gasteiger charge is 2.27. The molecule has 1 aliphatic rings. The van der Waals surface area contributed by atoms with E-state index < -0.39 is 6.10 Å². The fourth-order valence-electron chi connectivity index (χ4n) is 2.10. The summed E-state index contributed by atoms with van der Waals surface area (Å²) in [5.41, 5.74) is 3.68. The molecule has 1 N–H and O–H groups in total. The van der Waals surface area contributed by atoms with Gasteiger partial charge >= 0.3 is 0 Å². The lowest BCUT2D eigenvalue weighted by Gasteiger charge is -2.28. The zero-order valence-electron chi connectivity index (χ0n) is 11.7. The molecule has 0 bridgehead atoms. The largest absolute Gasteiger partial charge is 0.485 e. The number of amides is 1. The van der Waals surface area contributed by atoms with Crippen molar-refractivity contribution in [2.24, 2.45) is 0 Å². The summed E-state index contributed by atoms with van der Waals surface area (Å²) in [6.45, 7) is 0.200. The zero-order valence-corrected chi connectivity index (χ0v) is 11.7. The van der Waals surface area contributed by atoms with Gasteiger partial charge in [-0.05, 0) is 24.3 Å². The average Bonchev–Trinajstić information content (AvgIpc) is 2.55. The van der Waals surface area contributed by atoms with Crippen LogP contribution in [0.1, 0.15) is 0 Å². The van der Waals surface area contributed by atoms with Crippen LogP contribution < -0.4 is 19.9 Å².